The minimum Gasteiger partial charge on any atom is -0.398 e. The average Bonchev–Trinajstić information content (AvgIpc) is 2.69. The highest BCUT2D eigenvalue weighted by Gasteiger charge is 2.44. The van der Waals surface area contributed by atoms with Gasteiger partial charge in [-0.1, -0.05) is 12.6 Å². The predicted molar refractivity (Wildman–Crippen MR) is 71.7 cm³/mol. The Morgan fingerprint density at radius 3 is 2.80 bits per heavy atom. The number of carbonyl (C=O) groups is 3. The fourth-order valence-corrected chi connectivity index (χ4v) is 2.23. The second-order valence-electron chi connectivity index (χ2n) is 4.48. The maximum absolute atomic E-state index is 12.6. The molecule has 0 radical (unpaired) electrons. The highest BCUT2D eigenvalue weighted by atomic mass is 16.2. The zero-order chi connectivity index (χ0) is 17.2. The molecule has 1 atom stereocenters. The van der Waals surface area contributed by atoms with Gasteiger partial charge in [0.15, 0.2) is 0 Å². The highest BCUT2D eigenvalue weighted by molar-refractivity contribution is 6.25. The van der Waals surface area contributed by atoms with Crippen molar-refractivity contribution >= 4 is 23.4 Å². The smallest absolute Gasteiger partial charge is 0.264 e. The second kappa shape index (κ2) is 4.19. The number of piperidine rings is 1. The molecule has 3 amide bonds. The summed E-state index contributed by atoms with van der Waals surface area (Å²) in [6.45, 7) is 3.48. The van der Waals surface area contributed by atoms with Gasteiger partial charge in [-0.25, -0.2) is 0 Å². The van der Waals surface area contributed by atoms with E-state index in [0.29, 0.717) is 4.90 Å². The molecule has 0 unspecified atom stereocenters. The molecule has 1 saturated heterocycles. The molecule has 0 aromatic heterocycles. The maximum atomic E-state index is 12.6. The van der Waals surface area contributed by atoms with Crippen molar-refractivity contribution in [1.29, 1.82) is 0 Å². The number of anilines is 1. The Morgan fingerprint density at radius 1 is 1.40 bits per heavy atom. The number of allylic oxidation sites excluding steroid dienone is 1. The molecule has 0 saturated carbocycles. The molecular formula is C14H13N3O3. The van der Waals surface area contributed by atoms with E-state index in [4.69, 9.17) is 9.85 Å². The summed E-state index contributed by atoms with van der Waals surface area (Å²) in [4.78, 5) is 37.7. The van der Waals surface area contributed by atoms with Crippen LogP contribution < -0.4 is 11.1 Å². The first-order valence-electron chi connectivity index (χ1n) is 7.38. The molecular weight excluding hydrogens is 258 g/mol. The lowest BCUT2D eigenvalue weighted by molar-refractivity contribution is -0.125. The Labute approximate surface area is 119 Å². The first-order chi connectivity index (χ1) is 10.6. The molecule has 3 rings (SSSR count). The van der Waals surface area contributed by atoms with Crippen LogP contribution in [-0.4, -0.2) is 28.6 Å². The second-order valence-corrected chi connectivity index (χ2v) is 4.48. The van der Waals surface area contributed by atoms with Gasteiger partial charge in [0.25, 0.3) is 11.8 Å². The van der Waals surface area contributed by atoms with E-state index in [1.165, 1.54) is 18.2 Å². The van der Waals surface area contributed by atoms with Crippen molar-refractivity contribution in [1.82, 2.24) is 10.2 Å². The van der Waals surface area contributed by atoms with E-state index >= 15 is 0 Å². The van der Waals surface area contributed by atoms with Crippen molar-refractivity contribution in [2.45, 2.75) is 18.8 Å². The van der Waals surface area contributed by atoms with Gasteiger partial charge in [0.2, 0.25) is 5.91 Å². The van der Waals surface area contributed by atoms with Gasteiger partial charge in [-0.05, 0) is 24.9 Å². The Morgan fingerprint density at radius 2 is 2.15 bits per heavy atom. The van der Waals surface area contributed by atoms with Gasteiger partial charge in [0.05, 0.1) is 12.5 Å². The summed E-state index contributed by atoms with van der Waals surface area (Å²) in [5.41, 5.74) is 5.67. The van der Waals surface area contributed by atoms with Crippen LogP contribution in [0.15, 0.2) is 30.5 Å². The monoisotopic (exact) mass is 274 g/mol. The molecule has 2 heterocycles. The molecule has 1 aromatic rings. The molecule has 3 N–H and O–H groups in total. The summed E-state index contributed by atoms with van der Waals surface area (Å²) in [6, 6.07) is 1.50. The number of hydrogen-bond acceptors (Lipinski definition) is 4. The number of amides is 3. The van der Waals surface area contributed by atoms with Crippen LogP contribution >= 0.6 is 0 Å². The van der Waals surface area contributed by atoms with Gasteiger partial charge >= 0.3 is 0 Å². The third-order valence-corrected chi connectivity index (χ3v) is 3.15. The van der Waals surface area contributed by atoms with Gasteiger partial charge in [-0.2, -0.15) is 0 Å². The van der Waals surface area contributed by atoms with E-state index in [9.17, 15) is 14.4 Å². The van der Waals surface area contributed by atoms with Gasteiger partial charge in [-0.15, -0.1) is 0 Å². The molecule has 0 bridgehead atoms. The number of rotatable bonds is 1. The van der Waals surface area contributed by atoms with Crippen LogP contribution in [0, 0.1) is 0 Å². The minimum absolute atomic E-state index is 0.0353. The minimum atomic E-state index is -2.74. The predicted octanol–water partition coefficient (Wildman–Crippen LogP) is 0.657. The average molecular weight is 274 g/mol. The third-order valence-electron chi connectivity index (χ3n) is 3.15. The van der Waals surface area contributed by atoms with Crippen LogP contribution in [0.1, 0.15) is 37.6 Å². The van der Waals surface area contributed by atoms with Crippen molar-refractivity contribution in [3.05, 3.63) is 41.6 Å². The molecule has 1 aromatic carbocycles. The number of nitrogens with two attached hydrogens (primary N) is 1. The SMILES string of the molecule is [2H]C1([2H])CC(=C)NC(=O)[C@]1([2H])N1C(=O)c2cccc(N)c2C1=O. The van der Waals surface area contributed by atoms with Crippen LogP contribution in [0.4, 0.5) is 5.69 Å². The zero-order valence-electron chi connectivity index (χ0n) is 13.4. The number of carbonyl (C=O) groups excluding carboxylic acids is 3. The van der Waals surface area contributed by atoms with E-state index < -0.39 is 30.1 Å². The number of imide groups is 1. The van der Waals surface area contributed by atoms with Crippen molar-refractivity contribution < 1.29 is 18.5 Å². The Bertz CT molecular complexity index is 793. The molecule has 6 nitrogen and oxygen atoms in total. The summed E-state index contributed by atoms with van der Waals surface area (Å²) < 4.78 is 24.4. The van der Waals surface area contributed by atoms with E-state index in [1.807, 2.05) is 0 Å². The number of hydrogen-bond donors (Lipinski definition) is 2. The maximum Gasteiger partial charge on any atom is 0.264 e. The molecule has 1 fully saturated rings. The first-order valence-corrected chi connectivity index (χ1v) is 5.88. The first kappa shape index (κ1) is 9.30. The molecule has 2 aliphatic heterocycles. The van der Waals surface area contributed by atoms with Gasteiger partial charge in [0.1, 0.15) is 6.02 Å². The molecule has 2 aliphatic rings. The summed E-state index contributed by atoms with van der Waals surface area (Å²) in [5.74, 6) is -2.99. The van der Waals surface area contributed by atoms with Crippen LogP contribution in [-0.2, 0) is 4.79 Å². The summed E-state index contributed by atoms with van der Waals surface area (Å²) in [7, 11) is 0. The summed E-state index contributed by atoms with van der Waals surface area (Å²) in [6.07, 6.45) is -2.88. The molecule has 20 heavy (non-hydrogen) atoms. The summed E-state index contributed by atoms with van der Waals surface area (Å²) in [5, 5.41) is 2.25. The van der Waals surface area contributed by atoms with Crippen molar-refractivity contribution in [2.24, 2.45) is 0 Å². The lowest BCUT2D eigenvalue weighted by Gasteiger charge is -2.29. The normalized spacial score (nSPS) is 30.4. The number of nitrogens with one attached hydrogen (secondary N) is 1. The third kappa shape index (κ3) is 1.61. The van der Waals surface area contributed by atoms with Crippen molar-refractivity contribution in [3.63, 3.8) is 0 Å². The molecule has 0 aliphatic carbocycles. The number of fused-ring (bicyclic) bond motifs is 1. The number of nitrogen functional groups attached to an aromatic ring is 1. The molecule has 0 spiro atoms. The lowest BCUT2D eigenvalue weighted by Crippen LogP contribution is -2.51. The Balaban J connectivity index is 2.18. The quantitative estimate of drug-likeness (QED) is 0.581. The van der Waals surface area contributed by atoms with Crippen LogP contribution in [0.3, 0.4) is 0 Å². The van der Waals surface area contributed by atoms with Crippen LogP contribution in [0.2, 0.25) is 0 Å². The van der Waals surface area contributed by atoms with Crippen molar-refractivity contribution in [2.75, 3.05) is 5.73 Å². The van der Waals surface area contributed by atoms with E-state index in [0.717, 1.165) is 0 Å². The lowest BCUT2D eigenvalue weighted by atomic mass is 10.0. The highest BCUT2D eigenvalue weighted by Crippen LogP contribution is 2.31. The van der Waals surface area contributed by atoms with E-state index in [-0.39, 0.29) is 28.9 Å². The van der Waals surface area contributed by atoms with E-state index in [1.54, 1.807) is 0 Å². The summed E-state index contributed by atoms with van der Waals surface area (Å²) >= 11 is 0. The van der Waals surface area contributed by atoms with E-state index in [2.05, 4.69) is 11.9 Å². The van der Waals surface area contributed by atoms with Gasteiger partial charge < -0.3 is 11.1 Å². The largest absolute Gasteiger partial charge is 0.398 e. The fourth-order valence-electron chi connectivity index (χ4n) is 2.23. The molecule has 102 valence electrons. The van der Waals surface area contributed by atoms with Gasteiger partial charge in [0, 0.05) is 14.1 Å². The van der Waals surface area contributed by atoms with Crippen LogP contribution in [0.5, 0.6) is 0 Å². The van der Waals surface area contributed by atoms with Crippen LogP contribution in [0.25, 0.3) is 0 Å². The number of nitrogens with zero attached hydrogens (tertiary/aromatic N) is 1. The molecule has 6 heteroatoms. The zero-order valence-corrected chi connectivity index (χ0v) is 10.4. The van der Waals surface area contributed by atoms with Gasteiger partial charge in [-0.3, -0.25) is 19.3 Å². The fraction of sp³-hybridized carbons (Fsp3) is 0.214. The van der Waals surface area contributed by atoms with Crippen molar-refractivity contribution in [3.8, 4) is 0 Å². The Kier molecular flexibility index (Phi) is 1.95. The topological polar surface area (TPSA) is 92.5 Å². The Hall–Kier alpha value is -2.63. The standard InChI is InChI=1S/C14H13N3O3/c1-7-5-6-10(12(18)16-7)17-13(19)8-3-2-4-9(15)11(8)14(17)20/h2-4,10H,1,5-6,15H2,(H,16,18)/t10-/m1/s1/i6D2,10D. The number of benzene rings is 1.